The van der Waals surface area contributed by atoms with Crippen molar-refractivity contribution < 1.29 is 23.4 Å². The van der Waals surface area contributed by atoms with Crippen LogP contribution in [0.3, 0.4) is 0 Å². The number of carboxylic acids is 1. The van der Waals surface area contributed by atoms with Gasteiger partial charge in [-0.2, -0.15) is 0 Å². The third kappa shape index (κ3) is 3.23. The number of aromatic carboxylic acids is 1. The zero-order chi connectivity index (χ0) is 15.6. The summed E-state index contributed by atoms with van der Waals surface area (Å²) in [5.74, 6) is -1.67. The van der Waals surface area contributed by atoms with E-state index in [1.807, 2.05) is 0 Å². The molecule has 1 aromatic carbocycles. The molecule has 9 heteroatoms. The Hall–Kier alpha value is -2.32. The molecule has 0 spiro atoms. The fourth-order valence-corrected chi connectivity index (χ4v) is 3.04. The van der Waals surface area contributed by atoms with E-state index in [4.69, 9.17) is 16.7 Å². The first-order chi connectivity index (χ1) is 9.81. The third-order valence-electron chi connectivity index (χ3n) is 2.50. The van der Waals surface area contributed by atoms with Crippen molar-refractivity contribution in [3.05, 3.63) is 47.2 Å². The van der Waals surface area contributed by atoms with E-state index in [9.17, 15) is 18.3 Å². The number of aromatic nitrogens is 1. The molecule has 0 saturated heterocycles. The number of sulfonamides is 1. The molecule has 110 valence electrons. The Morgan fingerprint density at radius 3 is 2.62 bits per heavy atom. The molecule has 1 heterocycles. The molecule has 7 nitrogen and oxygen atoms in total. The minimum Gasteiger partial charge on any atom is -0.506 e. The van der Waals surface area contributed by atoms with Gasteiger partial charge in [-0.1, -0.05) is 11.6 Å². The van der Waals surface area contributed by atoms with Crippen LogP contribution in [0.2, 0.25) is 5.15 Å². The fraction of sp³-hybridized carbons (Fsp3) is 0. The number of rotatable bonds is 4. The van der Waals surface area contributed by atoms with Gasteiger partial charge in [-0.15, -0.1) is 0 Å². The van der Waals surface area contributed by atoms with Gasteiger partial charge in [0, 0.05) is 6.20 Å². The number of phenolic OH excluding ortho intramolecular Hbond substituents is 1. The molecule has 0 radical (unpaired) electrons. The molecule has 0 aliphatic carbocycles. The van der Waals surface area contributed by atoms with Crippen molar-refractivity contribution in [1.29, 1.82) is 0 Å². The lowest BCUT2D eigenvalue weighted by Crippen LogP contribution is -2.14. The minimum atomic E-state index is -4.11. The second-order valence-corrected chi connectivity index (χ2v) is 5.94. The maximum atomic E-state index is 12.2. The van der Waals surface area contributed by atoms with E-state index < -0.39 is 21.7 Å². The molecule has 0 aliphatic heterocycles. The van der Waals surface area contributed by atoms with Crippen molar-refractivity contribution in [3.63, 3.8) is 0 Å². The molecule has 0 bridgehead atoms. The van der Waals surface area contributed by atoms with Gasteiger partial charge >= 0.3 is 5.97 Å². The molecule has 0 saturated carbocycles. The van der Waals surface area contributed by atoms with Crippen LogP contribution in [0.4, 0.5) is 5.69 Å². The Morgan fingerprint density at radius 2 is 2.00 bits per heavy atom. The molecule has 0 atom stereocenters. The highest BCUT2D eigenvalue weighted by molar-refractivity contribution is 7.92. The quantitative estimate of drug-likeness (QED) is 0.583. The van der Waals surface area contributed by atoms with Crippen LogP contribution in [-0.4, -0.2) is 29.6 Å². The first-order valence-electron chi connectivity index (χ1n) is 5.51. The van der Waals surface area contributed by atoms with Crippen LogP contribution in [0.15, 0.2) is 41.4 Å². The van der Waals surface area contributed by atoms with Crippen LogP contribution in [0.25, 0.3) is 0 Å². The van der Waals surface area contributed by atoms with Crippen molar-refractivity contribution in [2.75, 3.05) is 4.72 Å². The molecular formula is C12H9ClN2O5S. The van der Waals surface area contributed by atoms with Crippen LogP contribution in [-0.2, 0) is 10.0 Å². The van der Waals surface area contributed by atoms with Crippen molar-refractivity contribution in [3.8, 4) is 5.75 Å². The predicted molar refractivity (Wildman–Crippen MR) is 75.1 cm³/mol. The van der Waals surface area contributed by atoms with Gasteiger partial charge in [-0.3, -0.25) is 4.72 Å². The maximum Gasteiger partial charge on any atom is 0.335 e. The summed E-state index contributed by atoms with van der Waals surface area (Å²) in [6.07, 6.45) is 1.32. The summed E-state index contributed by atoms with van der Waals surface area (Å²) < 4.78 is 26.4. The van der Waals surface area contributed by atoms with E-state index in [2.05, 4.69) is 9.71 Å². The number of nitrogens with one attached hydrogen (secondary N) is 1. The lowest BCUT2D eigenvalue weighted by Gasteiger charge is -2.10. The Labute approximate surface area is 124 Å². The Kier molecular flexibility index (Phi) is 4.01. The number of hydrogen-bond acceptors (Lipinski definition) is 5. The number of halogens is 1. The van der Waals surface area contributed by atoms with Gasteiger partial charge in [0.1, 0.15) is 15.8 Å². The van der Waals surface area contributed by atoms with Gasteiger partial charge in [0.2, 0.25) is 0 Å². The summed E-state index contributed by atoms with van der Waals surface area (Å²) in [5, 5.41) is 18.3. The summed E-state index contributed by atoms with van der Waals surface area (Å²) in [5.41, 5.74) is -0.447. The van der Waals surface area contributed by atoms with Crippen LogP contribution in [0.5, 0.6) is 5.75 Å². The molecule has 3 N–H and O–H groups in total. The number of benzene rings is 1. The lowest BCUT2D eigenvalue weighted by atomic mass is 10.2. The molecular weight excluding hydrogens is 320 g/mol. The normalized spacial score (nSPS) is 11.1. The molecule has 0 aliphatic rings. The fourth-order valence-electron chi connectivity index (χ4n) is 1.52. The Morgan fingerprint density at radius 1 is 1.29 bits per heavy atom. The van der Waals surface area contributed by atoms with E-state index in [1.165, 1.54) is 18.3 Å². The largest absolute Gasteiger partial charge is 0.506 e. The van der Waals surface area contributed by atoms with E-state index >= 15 is 0 Å². The monoisotopic (exact) mass is 328 g/mol. The van der Waals surface area contributed by atoms with Gasteiger partial charge in [0.05, 0.1) is 11.3 Å². The van der Waals surface area contributed by atoms with Crippen molar-refractivity contribution in [2.24, 2.45) is 0 Å². The third-order valence-corrected chi connectivity index (χ3v) is 4.31. The molecule has 2 rings (SSSR count). The summed E-state index contributed by atoms with van der Waals surface area (Å²) in [7, 11) is -4.11. The molecule has 0 amide bonds. The highest BCUT2D eigenvalue weighted by atomic mass is 35.5. The SMILES string of the molecule is O=C(O)c1ccc(O)c(NS(=O)(=O)c2cccnc2Cl)c1. The van der Waals surface area contributed by atoms with Crippen molar-refractivity contribution in [1.82, 2.24) is 4.98 Å². The summed E-state index contributed by atoms with van der Waals surface area (Å²) >= 11 is 5.71. The minimum absolute atomic E-state index is 0.178. The van der Waals surface area contributed by atoms with Crippen molar-refractivity contribution >= 4 is 33.3 Å². The second kappa shape index (κ2) is 5.58. The lowest BCUT2D eigenvalue weighted by molar-refractivity contribution is 0.0697. The highest BCUT2D eigenvalue weighted by Gasteiger charge is 2.20. The highest BCUT2D eigenvalue weighted by Crippen LogP contribution is 2.28. The van der Waals surface area contributed by atoms with Crippen LogP contribution >= 0.6 is 11.6 Å². The van der Waals surface area contributed by atoms with Crippen LogP contribution < -0.4 is 4.72 Å². The number of nitrogens with zero attached hydrogens (tertiary/aromatic N) is 1. The Bertz CT molecular complexity index is 807. The molecule has 21 heavy (non-hydrogen) atoms. The summed E-state index contributed by atoms with van der Waals surface area (Å²) in [4.78, 5) is 14.2. The number of carboxylic acid groups (broad SMARTS) is 1. The molecule has 2 aromatic rings. The van der Waals surface area contributed by atoms with E-state index in [1.54, 1.807) is 0 Å². The molecule has 0 unspecified atom stereocenters. The number of phenols is 1. The zero-order valence-corrected chi connectivity index (χ0v) is 11.9. The summed E-state index contributed by atoms with van der Waals surface area (Å²) in [6.45, 7) is 0. The van der Waals surface area contributed by atoms with Gasteiger partial charge < -0.3 is 10.2 Å². The second-order valence-electron chi connectivity index (χ2n) is 3.93. The van der Waals surface area contributed by atoms with E-state index in [-0.39, 0.29) is 21.3 Å². The van der Waals surface area contributed by atoms with E-state index in [0.29, 0.717) is 0 Å². The first-order valence-corrected chi connectivity index (χ1v) is 7.37. The van der Waals surface area contributed by atoms with Gasteiger partial charge in [0.25, 0.3) is 10.0 Å². The summed E-state index contributed by atoms with van der Waals surface area (Å²) in [6, 6.07) is 5.84. The topological polar surface area (TPSA) is 117 Å². The maximum absolute atomic E-state index is 12.2. The van der Waals surface area contributed by atoms with E-state index in [0.717, 1.165) is 18.2 Å². The predicted octanol–water partition coefficient (Wildman–Crippen LogP) is 1.94. The average Bonchev–Trinajstić information content (AvgIpc) is 2.41. The average molecular weight is 329 g/mol. The van der Waals surface area contributed by atoms with Crippen molar-refractivity contribution in [2.45, 2.75) is 4.90 Å². The standard InChI is InChI=1S/C12H9ClN2O5S/c13-11-10(2-1-5-14-11)21(19,20)15-8-6-7(12(17)18)3-4-9(8)16/h1-6,15-16H,(H,17,18). The molecule has 0 fully saturated rings. The zero-order valence-electron chi connectivity index (χ0n) is 10.3. The number of pyridine rings is 1. The van der Waals surface area contributed by atoms with Crippen LogP contribution in [0.1, 0.15) is 10.4 Å². The van der Waals surface area contributed by atoms with Crippen LogP contribution in [0, 0.1) is 0 Å². The van der Waals surface area contributed by atoms with Gasteiger partial charge in [-0.25, -0.2) is 18.2 Å². The van der Waals surface area contributed by atoms with Gasteiger partial charge in [0.15, 0.2) is 0 Å². The smallest absolute Gasteiger partial charge is 0.335 e. The first kappa shape index (κ1) is 15.1. The Balaban J connectivity index is 2.44. The number of carbonyl (C=O) groups is 1. The van der Waals surface area contributed by atoms with Gasteiger partial charge in [-0.05, 0) is 30.3 Å². The number of aromatic hydroxyl groups is 1. The molecule has 1 aromatic heterocycles. The number of anilines is 1. The number of hydrogen-bond donors (Lipinski definition) is 3.